The van der Waals surface area contributed by atoms with Crippen LogP contribution in [0.2, 0.25) is 0 Å². The van der Waals surface area contributed by atoms with E-state index in [4.69, 9.17) is 0 Å². The monoisotopic (exact) mass is 177 g/mol. The maximum Gasteiger partial charge on any atom is 0.217 e. The van der Waals surface area contributed by atoms with E-state index in [-0.39, 0.29) is 33.7 Å². The summed E-state index contributed by atoms with van der Waals surface area (Å²) >= 11 is 0. The van der Waals surface area contributed by atoms with Gasteiger partial charge in [0.15, 0.2) is 0 Å². The number of hydrogen-bond acceptors (Lipinski definition) is 1. The fourth-order valence-electron chi connectivity index (χ4n) is 0.565. The van der Waals surface area contributed by atoms with Crippen molar-refractivity contribution in [2.24, 2.45) is 0 Å². The van der Waals surface area contributed by atoms with Crippen molar-refractivity contribution in [1.82, 2.24) is 5.32 Å². The lowest BCUT2D eigenvalue weighted by Gasteiger charge is -2.23. The minimum atomic E-state index is -0.0359. The molecule has 0 aliphatic heterocycles. The van der Waals surface area contributed by atoms with Crippen LogP contribution in [0.5, 0.6) is 0 Å². The molecule has 0 unspecified atom stereocenters. The maximum absolute atomic E-state index is 10.5. The van der Waals surface area contributed by atoms with E-state index in [1.807, 2.05) is 13.8 Å². The molecule has 0 spiro atoms. The van der Waals surface area contributed by atoms with Gasteiger partial charge in [-0.3, -0.25) is 4.79 Å². The number of amides is 1. The van der Waals surface area contributed by atoms with E-state index in [0.717, 1.165) is 6.42 Å². The number of rotatable bonds is 2. The lowest BCUT2D eigenvalue weighted by atomic mass is 10.0. The van der Waals surface area contributed by atoms with E-state index >= 15 is 0 Å². The van der Waals surface area contributed by atoms with E-state index in [2.05, 4.69) is 12.2 Å². The molecule has 12 heavy (non-hydrogen) atoms. The third kappa shape index (κ3) is 12.2. The lowest BCUT2D eigenvalue weighted by Crippen LogP contribution is -2.41. The molecule has 1 amide bonds. The second-order valence-corrected chi connectivity index (χ2v) is 2.92. The summed E-state index contributed by atoms with van der Waals surface area (Å²) in [6.07, 6.45) is 0.965. The first-order valence-electron chi connectivity index (χ1n) is 3.26. The summed E-state index contributed by atoms with van der Waals surface area (Å²) < 4.78 is 0. The van der Waals surface area contributed by atoms with Crippen LogP contribution in [-0.2, 0) is 4.79 Å². The van der Waals surface area contributed by atoms with Crippen molar-refractivity contribution >= 4 is 5.91 Å². The number of carbonyl (C=O) groups excluding carboxylic acids is 1. The molecule has 78 valence electrons. The average molecular weight is 177 g/mol. The summed E-state index contributed by atoms with van der Waals surface area (Å²) in [5.41, 5.74) is -0.0359. The van der Waals surface area contributed by atoms with E-state index in [1.165, 1.54) is 6.92 Å². The zero-order valence-corrected chi connectivity index (χ0v) is 6.62. The van der Waals surface area contributed by atoms with Crippen molar-refractivity contribution in [2.45, 2.75) is 61.9 Å². The SMILES string of the molecule is C.C.C.CCC(C)(C)NC(C)=O. The maximum atomic E-state index is 10.5. The van der Waals surface area contributed by atoms with Crippen molar-refractivity contribution in [3.05, 3.63) is 0 Å². The number of hydrogen-bond donors (Lipinski definition) is 1. The van der Waals surface area contributed by atoms with E-state index < -0.39 is 0 Å². The molecular weight excluding hydrogens is 150 g/mol. The minimum absolute atomic E-state index is 0. The van der Waals surface area contributed by atoms with Gasteiger partial charge in [0.2, 0.25) is 5.91 Å². The Kier molecular flexibility index (Phi) is 16.1. The van der Waals surface area contributed by atoms with Gasteiger partial charge in [0, 0.05) is 12.5 Å². The van der Waals surface area contributed by atoms with Crippen LogP contribution < -0.4 is 5.32 Å². The first kappa shape index (κ1) is 22.5. The molecule has 2 heteroatoms. The van der Waals surface area contributed by atoms with Crippen LogP contribution in [0.25, 0.3) is 0 Å². The molecule has 0 radical (unpaired) electrons. The van der Waals surface area contributed by atoms with Gasteiger partial charge in [-0.15, -0.1) is 0 Å². The van der Waals surface area contributed by atoms with Gasteiger partial charge in [0.1, 0.15) is 0 Å². The Hall–Kier alpha value is -0.530. The summed E-state index contributed by atoms with van der Waals surface area (Å²) in [6.45, 7) is 7.61. The molecule has 0 fully saturated rings. The van der Waals surface area contributed by atoms with Crippen molar-refractivity contribution in [3.63, 3.8) is 0 Å². The summed E-state index contributed by atoms with van der Waals surface area (Å²) in [7, 11) is 0. The summed E-state index contributed by atoms with van der Waals surface area (Å²) in [5.74, 6) is 0.0434. The Bertz CT molecular complexity index is 108. The van der Waals surface area contributed by atoms with Gasteiger partial charge in [-0.1, -0.05) is 29.2 Å². The standard InChI is InChI=1S/C7H15NO.3CH4/c1-5-7(3,4)8-6(2)9;;;/h5H2,1-4H3,(H,8,9);3*1H4. The normalized spacial score (nSPS) is 8.33. The topological polar surface area (TPSA) is 29.1 Å². The van der Waals surface area contributed by atoms with E-state index in [9.17, 15) is 4.79 Å². The highest BCUT2D eigenvalue weighted by atomic mass is 16.1. The molecule has 0 aromatic rings. The van der Waals surface area contributed by atoms with Gasteiger partial charge in [0.25, 0.3) is 0 Å². The zero-order chi connectivity index (χ0) is 7.49. The van der Waals surface area contributed by atoms with E-state index in [1.54, 1.807) is 0 Å². The molecule has 0 aromatic carbocycles. The molecule has 0 aromatic heterocycles. The summed E-state index contributed by atoms with van der Waals surface area (Å²) in [6, 6.07) is 0. The smallest absolute Gasteiger partial charge is 0.217 e. The third-order valence-corrected chi connectivity index (χ3v) is 1.40. The largest absolute Gasteiger partial charge is 0.351 e. The minimum Gasteiger partial charge on any atom is -0.351 e. The van der Waals surface area contributed by atoms with Crippen LogP contribution in [0.15, 0.2) is 0 Å². The third-order valence-electron chi connectivity index (χ3n) is 1.40. The second-order valence-electron chi connectivity index (χ2n) is 2.92. The van der Waals surface area contributed by atoms with Gasteiger partial charge in [-0.25, -0.2) is 0 Å². The van der Waals surface area contributed by atoms with Crippen LogP contribution in [-0.4, -0.2) is 11.4 Å². The molecule has 0 heterocycles. The van der Waals surface area contributed by atoms with Crippen LogP contribution in [0.4, 0.5) is 0 Å². The molecule has 0 bridgehead atoms. The highest BCUT2D eigenvalue weighted by Crippen LogP contribution is 2.05. The molecule has 0 saturated heterocycles. The van der Waals surface area contributed by atoms with Crippen molar-refractivity contribution in [2.75, 3.05) is 0 Å². The molecular formula is C10H27NO. The molecule has 0 rings (SSSR count). The fourth-order valence-corrected chi connectivity index (χ4v) is 0.565. The van der Waals surface area contributed by atoms with Gasteiger partial charge >= 0.3 is 0 Å². The Morgan fingerprint density at radius 2 is 1.58 bits per heavy atom. The highest BCUT2D eigenvalue weighted by molar-refractivity contribution is 5.73. The van der Waals surface area contributed by atoms with Crippen LogP contribution in [0, 0.1) is 0 Å². The molecule has 0 saturated carbocycles. The van der Waals surface area contributed by atoms with Crippen LogP contribution >= 0.6 is 0 Å². The Labute approximate surface area is 78.8 Å². The predicted octanol–water partition coefficient (Wildman–Crippen LogP) is 3.22. The first-order valence-corrected chi connectivity index (χ1v) is 3.26. The molecule has 0 aliphatic rings. The van der Waals surface area contributed by atoms with Crippen molar-refractivity contribution < 1.29 is 4.79 Å². The second kappa shape index (κ2) is 8.57. The van der Waals surface area contributed by atoms with Crippen molar-refractivity contribution in [3.8, 4) is 0 Å². The summed E-state index contributed by atoms with van der Waals surface area (Å²) in [4.78, 5) is 10.5. The highest BCUT2D eigenvalue weighted by Gasteiger charge is 2.14. The van der Waals surface area contributed by atoms with Crippen LogP contribution in [0.1, 0.15) is 56.4 Å². The quantitative estimate of drug-likeness (QED) is 0.689. The fraction of sp³-hybridized carbons (Fsp3) is 0.900. The Balaban J connectivity index is -0.000000107. The van der Waals surface area contributed by atoms with Gasteiger partial charge in [-0.2, -0.15) is 0 Å². The molecule has 0 aliphatic carbocycles. The van der Waals surface area contributed by atoms with Crippen LogP contribution in [0.3, 0.4) is 0 Å². The molecule has 0 atom stereocenters. The van der Waals surface area contributed by atoms with Gasteiger partial charge in [-0.05, 0) is 20.3 Å². The average Bonchev–Trinajstić information content (AvgIpc) is 1.63. The van der Waals surface area contributed by atoms with Crippen molar-refractivity contribution in [1.29, 1.82) is 0 Å². The van der Waals surface area contributed by atoms with Gasteiger partial charge < -0.3 is 5.32 Å². The number of carbonyl (C=O) groups is 1. The lowest BCUT2D eigenvalue weighted by molar-refractivity contribution is -0.120. The zero-order valence-electron chi connectivity index (χ0n) is 6.62. The predicted molar refractivity (Wildman–Crippen MR) is 58.4 cm³/mol. The first-order chi connectivity index (χ1) is 3.98. The summed E-state index contributed by atoms with van der Waals surface area (Å²) in [5, 5.41) is 2.83. The molecule has 1 N–H and O–H groups in total. The van der Waals surface area contributed by atoms with E-state index in [0.29, 0.717) is 0 Å². The number of nitrogens with one attached hydrogen (secondary N) is 1. The van der Waals surface area contributed by atoms with Gasteiger partial charge in [0.05, 0.1) is 0 Å². The Morgan fingerprint density at radius 1 is 1.25 bits per heavy atom. The molecule has 2 nitrogen and oxygen atoms in total. The Morgan fingerprint density at radius 3 is 1.67 bits per heavy atom.